The lowest BCUT2D eigenvalue weighted by Gasteiger charge is -2.36. The second kappa shape index (κ2) is 27.2. The predicted molar refractivity (Wildman–Crippen MR) is 535 cm³/mol. The summed E-state index contributed by atoms with van der Waals surface area (Å²) in [4.78, 5) is 33.5. The van der Waals surface area contributed by atoms with Gasteiger partial charge < -0.3 is 9.13 Å². The number of allylic oxidation sites excluding steroid dienone is 4. The van der Waals surface area contributed by atoms with Gasteiger partial charge in [-0.1, -0.05) is 331 Å². The molecule has 131 heavy (non-hydrogen) atoms. The predicted octanol–water partition coefficient (Wildman–Crippen LogP) is 29.2. The van der Waals surface area contributed by atoms with Crippen LogP contribution in [0.2, 0.25) is 0 Å². The Labute approximate surface area is 755 Å². The summed E-state index contributed by atoms with van der Waals surface area (Å²) in [6, 6.07) is 139. The quantitative estimate of drug-likeness (QED) is 0.135. The van der Waals surface area contributed by atoms with E-state index in [-0.39, 0.29) is 22.7 Å². The van der Waals surface area contributed by atoms with Crippen LogP contribution in [-0.4, -0.2) is 48.2 Å². The van der Waals surface area contributed by atoms with Crippen LogP contribution in [-0.2, 0) is 16.2 Å². The Morgan fingerprint density at radius 1 is 0.229 bits per heavy atom. The molecule has 614 valence electrons. The molecule has 0 bridgehead atoms. The highest BCUT2D eigenvalue weighted by atomic mass is 15.2. The van der Waals surface area contributed by atoms with Crippen LogP contribution in [0.4, 0.5) is 0 Å². The lowest BCUT2D eigenvalue weighted by Crippen LogP contribution is -2.32. The van der Waals surface area contributed by atoms with E-state index in [1.165, 1.54) is 99.3 Å². The van der Waals surface area contributed by atoms with Gasteiger partial charge in [-0.05, 0) is 192 Å². The maximum Gasteiger partial charge on any atom is 0.238 e. The monoisotopic (exact) mass is 1670 g/mol. The topological polar surface area (TPSA) is 97.1 Å². The lowest BCUT2D eigenvalue weighted by atomic mass is 9.65. The molecule has 5 aliphatic carbocycles. The number of rotatable bonds is 10. The van der Waals surface area contributed by atoms with Crippen molar-refractivity contribution in [2.45, 2.75) is 49.9 Å². The molecule has 10 nitrogen and oxygen atoms in total. The molecule has 0 radical (unpaired) electrons. The van der Waals surface area contributed by atoms with E-state index in [9.17, 15) is 0 Å². The second-order valence-electron chi connectivity index (χ2n) is 37.1. The number of hydrogen-bond acceptors (Lipinski definition) is 6. The van der Waals surface area contributed by atoms with Crippen molar-refractivity contribution >= 4 is 87.2 Å². The fraction of sp³-hybridized carbons (Fsp3) is 0.0744. The average Bonchev–Trinajstić information content (AvgIpc) is 1.48. The van der Waals surface area contributed by atoms with Crippen LogP contribution in [0.25, 0.3) is 212 Å². The summed E-state index contributed by atoms with van der Waals surface area (Å²) in [6.45, 7) is 9.51. The van der Waals surface area contributed by atoms with Gasteiger partial charge in [-0.2, -0.15) is 19.9 Å². The lowest BCUT2D eigenvalue weighted by molar-refractivity contribution is 0.466. The van der Waals surface area contributed by atoms with Crippen LogP contribution in [0, 0.1) is 5.92 Å². The van der Waals surface area contributed by atoms with E-state index < -0.39 is 5.41 Å². The third-order valence-corrected chi connectivity index (χ3v) is 29.7. The number of nitrogens with zero attached hydrogens (tertiary/aromatic N) is 10. The summed E-state index contributed by atoms with van der Waals surface area (Å²) >= 11 is 0. The van der Waals surface area contributed by atoms with E-state index in [2.05, 4.69) is 434 Å². The van der Waals surface area contributed by atoms with Crippen molar-refractivity contribution in [2.75, 3.05) is 0 Å². The number of para-hydroxylation sites is 2. The molecule has 0 saturated carbocycles. The van der Waals surface area contributed by atoms with Crippen LogP contribution >= 0.6 is 0 Å². The molecule has 0 fully saturated rings. The molecule has 0 saturated heterocycles. The van der Waals surface area contributed by atoms with Crippen LogP contribution in [0.15, 0.2) is 400 Å². The standard InChI is InChI=1S/C121H80N10/c1-119(2)95-47-27-23-43-81(95)87-67-93-91-65-77(51-59-103(91)128(107(93)69-101(87)119)79-39-19-9-20-40-79)75-53-61-105-89(63-75)83-55-57-99-109(111(83)130(105)117-124-113(71-31-11-5-12-32-71)122-114(125-117)72-33-13-6-14-34-72)85-45-25-29-49-97(85)121(99)98-50-30-26-46-86(98)110-100(121)58-56-84-90-64-76(54-62-106(90)131(112(84)110)118-126-115(73-35-15-7-16-36-73)123-116(127-118)74-37-17-8-18-38-74)78-52-60-104-92(66-78)94-68-88-82-44-24-28-48-96(82)120(3,4)102(88)70-108(94)129(104)80-41-21-10-22-42-80/h5-70,85,97H,1-4H3. The zero-order chi connectivity index (χ0) is 86.4. The maximum atomic E-state index is 5.70. The summed E-state index contributed by atoms with van der Waals surface area (Å²) in [7, 11) is 0. The molecule has 28 rings (SSSR count). The van der Waals surface area contributed by atoms with Gasteiger partial charge in [-0.25, -0.2) is 9.97 Å². The molecule has 1 spiro atoms. The van der Waals surface area contributed by atoms with Crippen LogP contribution in [0.3, 0.4) is 0 Å². The van der Waals surface area contributed by atoms with Crippen molar-refractivity contribution in [3.05, 3.63) is 445 Å². The molecule has 0 N–H and O–H groups in total. The van der Waals surface area contributed by atoms with Crippen LogP contribution < -0.4 is 0 Å². The molecule has 3 atom stereocenters. The Hall–Kier alpha value is -16.6. The third-order valence-electron chi connectivity index (χ3n) is 29.7. The van der Waals surface area contributed by atoms with E-state index in [0.717, 1.165) is 122 Å². The number of hydrogen-bond donors (Lipinski definition) is 0. The molecule has 10 heteroatoms. The minimum absolute atomic E-state index is 0.111. The first kappa shape index (κ1) is 73.6. The fourth-order valence-electron chi connectivity index (χ4n) is 23.9. The molecular weight excluding hydrogens is 1590 g/mol. The molecule has 5 aliphatic rings. The van der Waals surface area contributed by atoms with Gasteiger partial charge in [0.25, 0.3) is 0 Å². The summed E-state index contributed by atoms with van der Waals surface area (Å²) in [6.07, 6.45) is 9.55. The van der Waals surface area contributed by atoms with Crippen LogP contribution in [0.1, 0.15) is 78.1 Å². The molecule has 3 unspecified atom stereocenters. The minimum Gasteiger partial charge on any atom is -0.309 e. The first-order valence-corrected chi connectivity index (χ1v) is 45.5. The normalized spacial score (nSPS) is 16.2. The summed E-state index contributed by atoms with van der Waals surface area (Å²) in [5, 5.41) is 9.22. The van der Waals surface area contributed by atoms with Gasteiger partial charge in [0.15, 0.2) is 23.3 Å². The molecule has 0 amide bonds. The first-order chi connectivity index (χ1) is 64.5. The molecule has 0 aliphatic heterocycles. The van der Waals surface area contributed by atoms with E-state index in [0.29, 0.717) is 35.2 Å². The zero-order valence-corrected chi connectivity index (χ0v) is 72.2. The van der Waals surface area contributed by atoms with Gasteiger partial charge in [0, 0.05) is 105 Å². The maximum absolute atomic E-state index is 5.70. The first-order valence-electron chi connectivity index (χ1n) is 45.5. The third kappa shape index (κ3) is 10.3. The average molecular weight is 1670 g/mol. The molecule has 17 aromatic carbocycles. The van der Waals surface area contributed by atoms with Crippen molar-refractivity contribution in [3.63, 3.8) is 0 Å². The van der Waals surface area contributed by atoms with Crippen molar-refractivity contribution in [2.24, 2.45) is 5.92 Å². The number of benzene rings is 17. The minimum atomic E-state index is -0.764. The Morgan fingerprint density at radius 3 is 1.01 bits per heavy atom. The van der Waals surface area contributed by atoms with Gasteiger partial charge in [0.05, 0.1) is 49.5 Å². The zero-order valence-electron chi connectivity index (χ0n) is 72.2. The van der Waals surface area contributed by atoms with Crippen molar-refractivity contribution in [1.29, 1.82) is 0 Å². The molecule has 23 aromatic rings. The highest BCUT2D eigenvalue weighted by Crippen LogP contribution is 2.68. The summed E-state index contributed by atoms with van der Waals surface area (Å²) in [5.74, 6) is 3.17. The fourth-order valence-corrected chi connectivity index (χ4v) is 23.9. The number of aromatic nitrogens is 10. The Kier molecular flexibility index (Phi) is 15.3. The van der Waals surface area contributed by atoms with Gasteiger partial charge in [-0.3, -0.25) is 9.13 Å². The highest BCUT2D eigenvalue weighted by Gasteiger charge is 2.59. The van der Waals surface area contributed by atoms with Crippen molar-refractivity contribution in [1.82, 2.24) is 48.2 Å². The van der Waals surface area contributed by atoms with Gasteiger partial charge >= 0.3 is 0 Å². The van der Waals surface area contributed by atoms with Crippen molar-refractivity contribution in [3.8, 4) is 124 Å². The molecular formula is C121H80N10. The molecule has 6 aromatic heterocycles. The molecule has 6 heterocycles. The van der Waals surface area contributed by atoms with Crippen LogP contribution in [0.5, 0.6) is 0 Å². The Morgan fingerprint density at radius 2 is 0.573 bits per heavy atom. The highest BCUT2D eigenvalue weighted by molar-refractivity contribution is 6.20. The van der Waals surface area contributed by atoms with Gasteiger partial charge in [-0.15, -0.1) is 0 Å². The van der Waals surface area contributed by atoms with Gasteiger partial charge in [0.2, 0.25) is 11.9 Å². The number of fused-ring (bicyclic) bond motifs is 30. The van der Waals surface area contributed by atoms with Gasteiger partial charge in [0.1, 0.15) is 0 Å². The Balaban J connectivity index is 0.694. The second-order valence-corrected chi connectivity index (χ2v) is 37.1. The smallest absolute Gasteiger partial charge is 0.238 e. The van der Waals surface area contributed by atoms with E-state index in [1.54, 1.807) is 0 Å². The summed E-state index contributed by atoms with van der Waals surface area (Å²) in [5.41, 5.74) is 35.8. The van der Waals surface area contributed by atoms with E-state index in [1.807, 2.05) is 12.1 Å². The van der Waals surface area contributed by atoms with E-state index in [4.69, 9.17) is 29.9 Å². The largest absolute Gasteiger partial charge is 0.309 e. The van der Waals surface area contributed by atoms with Crippen molar-refractivity contribution < 1.29 is 0 Å². The van der Waals surface area contributed by atoms with E-state index >= 15 is 0 Å². The SMILES string of the molecule is CC1(C)c2ccccc2-c2cc3c4cc(-c5ccc6c(c5)c5ccc7c(c5n6-c5nc(-c6ccccc6)nc(-c6ccccc6)n5)-c5ccccc5C75c6ccc7c8cc(-c9ccc%10c(c9)c9cc%11c(cc9n%10-c9ccccc9)C(C)(C)c9ccccc9-%11)ccc8n(-c8nc(-c9ccccc9)nc(-c9ccccc9)n8)c7c6C6C=CC=CC65)ccc4n(-c4ccccc4)c3cc21. The Bertz CT molecular complexity index is 8850. The summed E-state index contributed by atoms with van der Waals surface area (Å²) < 4.78 is 9.71.